The Bertz CT molecular complexity index is 1310. The van der Waals surface area contributed by atoms with Crippen LogP contribution in [0.4, 0.5) is 5.69 Å². The predicted molar refractivity (Wildman–Crippen MR) is 128 cm³/mol. The minimum absolute atomic E-state index is 0.0519. The van der Waals surface area contributed by atoms with Gasteiger partial charge in [-0.3, -0.25) is 9.59 Å². The van der Waals surface area contributed by atoms with Crippen molar-refractivity contribution < 1.29 is 23.5 Å². The van der Waals surface area contributed by atoms with Gasteiger partial charge in [-0.05, 0) is 74.0 Å². The van der Waals surface area contributed by atoms with E-state index in [1.807, 2.05) is 19.9 Å². The number of ether oxygens (including phenoxy) is 2. The van der Waals surface area contributed by atoms with Crippen LogP contribution in [0.2, 0.25) is 5.02 Å². The van der Waals surface area contributed by atoms with Crippen molar-refractivity contribution in [1.29, 1.82) is 0 Å². The minimum atomic E-state index is -0.421. The highest BCUT2D eigenvalue weighted by atomic mass is 35.5. The first kappa shape index (κ1) is 22.4. The molecule has 0 fully saturated rings. The number of aryl methyl sites for hydroxylation is 1. The molecule has 0 radical (unpaired) electrons. The third kappa shape index (κ3) is 5.02. The molecule has 4 aromatic rings. The molecule has 6 nitrogen and oxygen atoms in total. The van der Waals surface area contributed by atoms with Crippen LogP contribution in [-0.2, 0) is 4.79 Å². The lowest BCUT2D eigenvalue weighted by atomic mass is 10.1. The maximum Gasteiger partial charge on any atom is 0.262 e. The molecule has 1 heterocycles. The Morgan fingerprint density at radius 2 is 1.70 bits per heavy atom. The fourth-order valence-electron chi connectivity index (χ4n) is 3.36. The number of nitrogens with one attached hydrogen (secondary N) is 1. The predicted octanol–water partition coefficient (Wildman–Crippen LogP) is 6.04. The third-order valence-corrected chi connectivity index (χ3v) is 5.42. The van der Waals surface area contributed by atoms with Crippen LogP contribution in [0.25, 0.3) is 11.0 Å². The molecule has 0 bridgehead atoms. The first-order valence-electron chi connectivity index (χ1n) is 10.4. The Balaban J connectivity index is 1.57. The number of carbonyl (C=O) groups excluding carboxylic acids is 2. The van der Waals surface area contributed by atoms with E-state index in [-0.39, 0.29) is 18.2 Å². The van der Waals surface area contributed by atoms with Crippen LogP contribution in [0, 0.1) is 6.92 Å². The van der Waals surface area contributed by atoms with Gasteiger partial charge in [-0.25, -0.2) is 0 Å². The molecule has 1 N–H and O–H groups in total. The lowest BCUT2D eigenvalue weighted by Gasteiger charge is -2.09. The van der Waals surface area contributed by atoms with E-state index in [1.54, 1.807) is 60.7 Å². The summed E-state index contributed by atoms with van der Waals surface area (Å²) < 4.78 is 16.9. The molecule has 168 valence electrons. The van der Waals surface area contributed by atoms with Gasteiger partial charge in [-0.15, -0.1) is 0 Å². The molecular weight excluding hydrogens is 442 g/mol. The largest absolute Gasteiger partial charge is 0.494 e. The van der Waals surface area contributed by atoms with Crippen LogP contribution >= 0.6 is 11.6 Å². The average molecular weight is 464 g/mol. The summed E-state index contributed by atoms with van der Waals surface area (Å²) in [5.41, 5.74) is 2.07. The number of hydrogen-bond acceptors (Lipinski definition) is 5. The quantitative estimate of drug-likeness (QED) is 0.322. The van der Waals surface area contributed by atoms with Gasteiger partial charge in [0, 0.05) is 16.0 Å². The van der Waals surface area contributed by atoms with Gasteiger partial charge in [0.2, 0.25) is 5.78 Å². The molecule has 7 heteroatoms. The number of fused-ring (bicyclic) bond motifs is 1. The van der Waals surface area contributed by atoms with E-state index < -0.39 is 5.91 Å². The summed E-state index contributed by atoms with van der Waals surface area (Å²) in [6.07, 6.45) is 0. The van der Waals surface area contributed by atoms with E-state index in [0.717, 1.165) is 5.56 Å². The summed E-state index contributed by atoms with van der Waals surface area (Å²) in [7, 11) is 0. The van der Waals surface area contributed by atoms with Crippen molar-refractivity contribution in [2.45, 2.75) is 13.8 Å². The second-order valence-electron chi connectivity index (χ2n) is 7.34. The van der Waals surface area contributed by atoms with Gasteiger partial charge in [-0.2, -0.15) is 0 Å². The van der Waals surface area contributed by atoms with Crippen molar-refractivity contribution in [2.75, 3.05) is 18.5 Å². The number of halogens is 1. The molecule has 0 saturated heterocycles. The fraction of sp³-hybridized carbons (Fsp3) is 0.154. The van der Waals surface area contributed by atoms with Crippen LogP contribution in [-0.4, -0.2) is 24.9 Å². The highest BCUT2D eigenvalue weighted by Gasteiger charge is 2.23. The molecule has 0 aliphatic carbocycles. The second kappa shape index (κ2) is 9.79. The molecule has 0 aliphatic rings. The molecule has 0 saturated carbocycles. The van der Waals surface area contributed by atoms with Crippen molar-refractivity contribution in [3.63, 3.8) is 0 Å². The van der Waals surface area contributed by atoms with Crippen molar-refractivity contribution in [3.8, 4) is 11.5 Å². The van der Waals surface area contributed by atoms with E-state index in [0.29, 0.717) is 45.3 Å². The Hall–Kier alpha value is -3.77. The number of para-hydroxylation sites is 1. The lowest BCUT2D eigenvalue weighted by molar-refractivity contribution is -0.118. The van der Waals surface area contributed by atoms with Crippen molar-refractivity contribution >= 4 is 39.9 Å². The van der Waals surface area contributed by atoms with Gasteiger partial charge >= 0.3 is 0 Å². The molecular formula is C26H22ClNO5. The molecule has 4 rings (SSSR count). The zero-order valence-corrected chi connectivity index (χ0v) is 18.9. The molecule has 0 unspecified atom stereocenters. The maximum absolute atomic E-state index is 13.2. The van der Waals surface area contributed by atoms with Crippen LogP contribution in [0.1, 0.15) is 28.6 Å². The van der Waals surface area contributed by atoms with E-state index in [1.165, 1.54) is 0 Å². The smallest absolute Gasteiger partial charge is 0.262 e. The first-order chi connectivity index (χ1) is 16.0. The monoisotopic (exact) mass is 463 g/mol. The number of amides is 1. The van der Waals surface area contributed by atoms with Gasteiger partial charge in [0.1, 0.15) is 17.1 Å². The summed E-state index contributed by atoms with van der Waals surface area (Å²) in [5, 5.41) is 4.03. The van der Waals surface area contributed by atoms with Crippen molar-refractivity contribution in [3.05, 3.63) is 88.6 Å². The molecule has 0 aliphatic heterocycles. The van der Waals surface area contributed by atoms with Crippen LogP contribution < -0.4 is 14.8 Å². The highest BCUT2D eigenvalue weighted by Crippen LogP contribution is 2.33. The SMILES string of the molecule is CCOc1ccc(C(=O)c2oc3ccccc3c2NC(=O)COc2ccc(Cl)c(C)c2)cc1. The number of rotatable bonds is 8. The first-order valence-corrected chi connectivity index (χ1v) is 10.8. The topological polar surface area (TPSA) is 77.8 Å². The van der Waals surface area contributed by atoms with E-state index in [4.69, 9.17) is 25.5 Å². The summed E-state index contributed by atoms with van der Waals surface area (Å²) >= 11 is 6.03. The van der Waals surface area contributed by atoms with E-state index in [9.17, 15) is 9.59 Å². The number of anilines is 1. The zero-order valence-electron chi connectivity index (χ0n) is 18.2. The van der Waals surface area contributed by atoms with E-state index >= 15 is 0 Å². The maximum atomic E-state index is 13.2. The van der Waals surface area contributed by atoms with Crippen LogP contribution in [0.3, 0.4) is 0 Å². The van der Waals surface area contributed by atoms with Crippen LogP contribution in [0.5, 0.6) is 11.5 Å². The highest BCUT2D eigenvalue weighted by molar-refractivity contribution is 6.31. The van der Waals surface area contributed by atoms with E-state index in [2.05, 4.69) is 5.32 Å². The molecule has 0 atom stereocenters. The molecule has 33 heavy (non-hydrogen) atoms. The summed E-state index contributed by atoms with van der Waals surface area (Å²) in [4.78, 5) is 25.9. The summed E-state index contributed by atoms with van der Waals surface area (Å²) in [6.45, 7) is 4.04. The Labute approximate surface area is 196 Å². The minimum Gasteiger partial charge on any atom is -0.494 e. The van der Waals surface area contributed by atoms with Gasteiger partial charge in [0.15, 0.2) is 12.4 Å². The lowest BCUT2D eigenvalue weighted by Crippen LogP contribution is -2.21. The van der Waals surface area contributed by atoms with Gasteiger partial charge in [0.25, 0.3) is 5.91 Å². The third-order valence-electron chi connectivity index (χ3n) is 4.99. The number of hydrogen-bond donors (Lipinski definition) is 1. The van der Waals surface area contributed by atoms with Gasteiger partial charge in [-0.1, -0.05) is 23.7 Å². The van der Waals surface area contributed by atoms with Crippen LogP contribution in [0.15, 0.2) is 71.1 Å². The standard InChI is InChI=1S/C26H22ClNO5/c1-3-31-18-10-8-17(9-11-18)25(30)26-24(20-6-4-5-7-22(20)33-26)28-23(29)15-32-19-12-13-21(27)16(2)14-19/h4-14H,3,15H2,1-2H3,(H,28,29). The number of ketones is 1. The van der Waals surface area contributed by atoms with Gasteiger partial charge in [0.05, 0.1) is 12.3 Å². The molecule has 1 aromatic heterocycles. The molecule has 3 aromatic carbocycles. The number of benzene rings is 3. The number of furan rings is 1. The molecule has 1 amide bonds. The summed E-state index contributed by atoms with van der Waals surface area (Å²) in [5.74, 6) is 0.473. The van der Waals surface area contributed by atoms with Crippen molar-refractivity contribution in [2.24, 2.45) is 0 Å². The zero-order chi connectivity index (χ0) is 23.4. The Kier molecular flexibility index (Phi) is 6.66. The average Bonchev–Trinajstić information content (AvgIpc) is 3.18. The van der Waals surface area contributed by atoms with Gasteiger partial charge < -0.3 is 19.2 Å². The second-order valence-corrected chi connectivity index (χ2v) is 7.74. The normalized spacial score (nSPS) is 10.8. The Morgan fingerprint density at radius 3 is 2.42 bits per heavy atom. The Morgan fingerprint density at radius 1 is 0.970 bits per heavy atom. The molecule has 0 spiro atoms. The fourth-order valence-corrected chi connectivity index (χ4v) is 3.48. The van der Waals surface area contributed by atoms with Crippen molar-refractivity contribution in [1.82, 2.24) is 0 Å². The number of carbonyl (C=O) groups is 2. The summed E-state index contributed by atoms with van der Waals surface area (Å²) in [6, 6.07) is 19.1.